The van der Waals surface area contributed by atoms with Crippen molar-refractivity contribution in [3.05, 3.63) is 65.2 Å². The zero-order valence-electron chi connectivity index (χ0n) is 14.9. The highest BCUT2D eigenvalue weighted by molar-refractivity contribution is 6.22. The van der Waals surface area contributed by atoms with Gasteiger partial charge >= 0.3 is 5.97 Å². The lowest BCUT2D eigenvalue weighted by Crippen LogP contribution is -2.44. The highest BCUT2D eigenvalue weighted by atomic mass is 16.5. The monoisotopic (exact) mass is 366 g/mol. The van der Waals surface area contributed by atoms with Gasteiger partial charge in [-0.2, -0.15) is 0 Å². The summed E-state index contributed by atoms with van der Waals surface area (Å²) in [5, 5.41) is 2.61. The Morgan fingerprint density at radius 3 is 2.26 bits per heavy atom. The molecule has 0 saturated heterocycles. The van der Waals surface area contributed by atoms with E-state index in [0.717, 1.165) is 10.5 Å². The van der Waals surface area contributed by atoms with Gasteiger partial charge in [0.1, 0.15) is 6.04 Å². The van der Waals surface area contributed by atoms with Gasteiger partial charge in [-0.05, 0) is 43.7 Å². The van der Waals surface area contributed by atoms with Crippen molar-refractivity contribution in [3.8, 4) is 0 Å². The average Bonchev–Trinajstić information content (AvgIpc) is 2.90. The number of rotatable bonds is 5. The Labute approximate surface area is 155 Å². The van der Waals surface area contributed by atoms with Crippen LogP contribution in [0.5, 0.6) is 0 Å². The number of fused-ring (bicyclic) bond motifs is 1. The third-order valence-corrected chi connectivity index (χ3v) is 4.20. The molecule has 1 aliphatic heterocycles. The fourth-order valence-corrected chi connectivity index (χ4v) is 2.84. The van der Waals surface area contributed by atoms with Crippen molar-refractivity contribution in [2.75, 3.05) is 11.9 Å². The lowest BCUT2D eigenvalue weighted by molar-refractivity contribution is -0.150. The Morgan fingerprint density at radius 2 is 1.67 bits per heavy atom. The number of hydrogen-bond donors (Lipinski definition) is 1. The van der Waals surface area contributed by atoms with Crippen molar-refractivity contribution in [1.29, 1.82) is 0 Å². The SMILES string of the molecule is Cc1cccc(NC(=O)COC(=O)[C@@H](C)N2C(=O)c3ccccc3C2=O)c1. The van der Waals surface area contributed by atoms with E-state index >= 15 is 0 Å². The molecule has 1 N–H and O–H groups in total. The molecule has 0 saturated carbocycles. The number of carbonyl (C=O) groups is 4. The molecule has 0 unspecified atom stereocenters. The van der Waals surface area contributed by atoms with Crippen LogP contribution in [0.3, 0.4) is 0 Å². The Bertz CT molecular complexity index is 902. The standard InChI is InChI=1S/C20H18N2O5/c1-12-6-5-7-14(10-12)21-17(23)11-27-20(26)13(2)22-18(24)15-8-3-4-9-16(15)19(22)25/h3-10,13H,11H2,1-2H3,(H,21,23)/t13-/m1/s1. The Hall–Kier alpha value is -3.48. The number of ether oxygens (including phenoxy) is 1. The van der Waals surface area contributed by atoms with Gasteiger partial charge in [-0.3, -0.25) is 19.3 Å². The van der Waals surface area contributed by atoms with Crippen LogP contribution >= 0.6 is 0 Å². The fourth-order valence-electron chi connectivity index (χ4n) is 2.84. The summed E-state index contributed by atoms with van der Waals surface area (Å²) in [5.74, 6) is -2.44. The molecule has 7 nitrogen and oxygen atoms in total. The van der Waals surface area contributed by atoms with Crippen molar-refractivity contribution in [1.82, 2.24) is 4.90 Å². The van der Waals surface area contributed by atoms with E-state index in [1.54, 1.807) is 30.3 Å². The van der Waals surface area contributed by atoms with Crippen molar-refractivity contribution in [2.45, 2.75) is 19.9 Å². The average molecular weight is 366 g/mol. The normalized spacial score (nSPS) is 13.9. The maximum Gasteiger partial charge on any atom is 0.329 e. The minimum atomic E-state index is -1.14. The smallest absolute Gasteiger partial charge is 0.329 e. The number of aryl methyl sites for hydroxylation is 1. The number of imide groups is 1. The van der Waals surface area contributed by atoms with Crippen molar-refractivity contribution in [2.24, 2.45) is 0 Å². The number of hydrogen-bond acceptors (Lipinski definition) is 5. The number of nitrogens with one attached hydrogen (secondary N) is 1. The number of carbonyl (C=O) groups excluding carboxylic acids is 4. The van der Waals surface area contributed by atoms with E-state index in [-0.39, 0.29) is 11.1 Å². The predicted octanol–water partition coefficient (Wildman–Crippen LogP) is 2.16. The maximum atomic E-state index is 12.4. The number of esters is 1. The summed E-state index contributed by atoms with van der Waals surface area (Å²) >= 11 is 0. The summed E-state index contributed by atoms with van der Waals surface area (Å²) in [6.07, 6.45) is 0. The van der Waals surface area contributed by atoms with Gasteiger partial charge in [-0.1, -0.05) is 24.3 Å². The first-order valence-corrected chi connectivity index (χ1v) is 8.38. The highest BCUT2D eigenvalue weighted by Gasteiger charge is 2.41. The molecule has 0 spiro atoms. The van der Waals surface area contributed by atoms with Crippen LogP contribution in [-0.2, 0) is 14.3 Å². The van der Waals surface area contributed by atoms with Crippen LogP contribution in [0.4, 0.5) is 5.69 Å². The second-order valence-corrected chi connectivity index (χ2v) is 6.23. The number of benzene rings is 2. The van der Waals surface area contributed by atoms with Gasteiger partial charge in [0.05, 0.1) is 11.1 Å². The topological polar surface area (TPSA) is 92.8 Å². The van der Waals surface area contributed by atoms with Crippen molar-refractivity contribution < 1.29 is 23.9 Å². The van der Waals surface area contributed by atoms with Gasteiger partial charge in [-0.15, -0.1) is 0 Å². The van der Waals surface area contributed by atoms with Crippen LogP contribution in [-0.4, -0.2) is 41.2 Å². The zero-order valence-corrected chi connectivity index (χ0v) is 14.9. The van der Waals surface area contributed by atoms with Gasteiger partial charge in [0.25, 0.3) is 17.7 Å². The first-order valence-electron chi connectivity index (χ1n) is 8.38. The minimum absolute atomic E-state index is 0.249. The fraction of sp³-hybridized carbons (Fsp3) is 0.200. The molecule has 1 heterocycles. The van der Waals surface area contributed by atoms with Crippen LogP contribution in [0, 0.1) is 6.92 Å². The molecule has 3 rings (SSSR count). The summed E-state index contributed by atoms with van der Waals surface area (Å²) < 4.78 is 4.98. The summed E-state index contributed by atoms with van der Waals surface area (Å²) in [5.41, 5.74) is 2.06. The summed E-state index contributed by atoms with van der Waals surface area (Å²) in [6, 6.07) is 12.4. The first kappa shape index (κ1) is 18.3. The van der Waals surface area contributed by atoms with Crippen LogP contribution in [0.1, 0.15) is 33.2 Å². The molecule has 0 bridgehead atoms. The Balaban J connectivity index is 1.59. The minimum Gasteiger partial charge on any atom is -0.454 e. The molecule has 0 fully saturated rings. The molecule has 0 radical (unpaired) electrons. The molecule has 2 aromatic rings. The summed E-state index contributed by atoms with van der Waals surface area (Å²) in [4.78, 5) is 49.8. The Morgan fingerprint density at radius 1 is 1.04 bits per heavy atom. The van der Waals surface area contributed by atoms with Crippen LogP contribution in [0.2, 0.25) is 0 Å². The lowest BCUT2D eigenvalue weighted by Gasteiger charge is -2.20. The maximum absolute atomic E-state index is 12.4. The predicted molar refractivity (Wildman–Crippen MR) is 97.2 cm³/mol. The molecule has 138 valence electrons. The second kappa shape index (κ2) is 7.41. The van der Waals surface area contributed by atoms with E-state index in [4.69, 9.17) is 4.74 Å². The molecule has 27 heavy (non-hydrogen) atoms. The van der Waals surface area contributed by atoms with Gasteiger partial charge in [0.15, 0.2) is 6.61 Å². The number of anilines is 1. The van der Waals surface area contributed by atoms with Crippen LogP contribution < -0.4 is 5.32 Å². The van der Waals surface area contributed by atoms with E-state index in [1.165, 1.54) is 19.1 Å². The lowest BCUT2D eigenvalue weighted by atomic mass is 10.1. The molecule has 0 aromatic heterocycles. The summed E-state index contributed by atoms with van der Waals surface area (Å²) in [6.45, 7) is 2.77. The number of nitrogens with zero attached hydrogens (tertiary/aromatic N) is 1. The quantitative estimate of drug-likeness (QED) is 0.647. The van der Waals surface area contributed by atoms with Crippen LogP contribution in [0.25, 0.3) is 0 Å². The third kappa shape index (κ3) is 3.72. The third-order valence-electron chi connectivity index (χ3n) is 4.20. The zero-order chi connectivity index (χ0) is 19.6. The molecular formula is C20H18N2O5. The molecule has 3 amide bonds. The second-order valence-electron chi connectivity index (χ2n) is 6.23. The number of amides is 3. The van der Waals surface area contributed by atoms with E-state index in [9.17, 15) is 19.2 Å². The van der Waals surface area contributed by atoms with Gasteiger partial charge < -0.3 is 10.1 Å². The first-order chi connectivity index (χ1) is 12.9. The highest BCUT2D eigenvalue weighted by Crippen LogP contribution is 2.24. The molecule has 0 aliphatic carbocycles. The van der Waals surface area contributed by atoms with Crippen molar-refractivity contribution >= 4 is 29.4 Å². The van der Waals surface area contributed by atoms with Gasteiger partial charge in [0, 0.05) is 5.69 Å². The van der Waals surface area contributed by atoms with E-state index < -0.39 is 36.3 Å². The molecule has 1 aliphatic rings. The van der Waals surface area contributed by atoms with Crippen molar-refractivity contribution in [3.63, 3.8) is 0 Å². The van der Waals surface area contributed by atoms with Gasteiger partial charge in [-0.25, -0.2) is 4.79 Å². The summed E-state index contributed by atoms with van der Waals surface area (Å²) in [7, 11) is 0. The molecule has 2 aromatic carbocycles. The molecule has 1 atom stereocenters. The Kier molecular flexibility index (Phi) is 5.03. The van der Waals surface area contributed by atoms with Gasteiger partial charge in [0.2, 0.25) is 0 Å². The van der Waals surface area contributed by atoms with E-state index in [1.807, 2.05) is 13.0 Å². The van der Waals surface area contributed by atoms with E-state index in [2.05, 4.69) is 5.32 Å². The van der Waals surface area contributed by atoms with Crippen LogP contribution in [0.15, 0.2) is 48.5 Å². The molecular weight excluding hydrogens is 348 g/mol. The molecule has 7 heteroatoms. The largest absolute Gasteiger partial charge is 0.454 e. The van der Waals surface area contributed by atoms with E-state index in [0.29, 0.717) is 5.69 Å².